The summed E-state index contributed by atoms with van der Waals surface area (Å²) < 4.78 is 0. The van der Waals surface area contributed by atoms with Crippen LogP contribution in [0.3, 0.4) is 0 Å². The minimum Gasteiger partial charge on any atom is -0.350 e. The van der Waals surface area contributed by atoms with E-state index in [1.54, 1.807) is 24.5 Å². The third-order valence-corrected chi connectivity index (χ3v) is 4.03. The topological polar surface area (TPSA) is 107 Å². The van der Waals surface area contributed by atoms with E-state index in [2.05, 4.69) is 30.4 Å². The molecule has 2 N–H and O–H groups in total. The van der Waals surface area contributed by atoms with E-state index in [9.17, 15) is 9.59 Å². The number of H-pyrrole nitrogens is 1. The second kappa shape index (κ2) is 7.73. The van der Waals surface area contributed by atoms with Gasteiger partial charge in [-0.2, -0.15) is 5.10 Å². The van der Waals surface area contributed by atoms with E-state index in [-0.39, 0.29) is 18.2 Å². The van der Waals surface area contributed by atoms with Crippen LogP contribution in [-0.2, 0) is 4.79 Å². The van der Waals surface area contributed by atoms with Crippen LogP contribution >= 0.6 is 0 Å². The standard InChI is InChI=1S/C16H21N7O2/c1-12-11-13(21-20-12)15(25)17-6-3-14(24)22-7-9-23(10-8-22)16-18-4-2-5-19-16/h2,4-5,11H,3,6-10H2,1H3,(H,17,25)(H,20,21). The van der Waals surface area contributed by atoms with Crippen molar-refractivity contribution >= 4 is 17.8 Å². The Morgan fingerprint density at radius 2 is 1.92 bits per heavy atom. The van der Waals surface area contributed by atoms with Crippen molar-refractivity contribution in [2.45, 2.75) is 13.3 Å². The molecule has 2 aromatic rings. The van der Waals surface area contributed by atoms with Gasteiger partial charge in [0.1, 0.15) is 5.69 Å². The highest BCUT2D eigenvalue weighted by Crippen LogP contribution is 2.10. The maximum absolute atomic E-state index is 12.3. The van der Waals surface area contributed by atoms with Crippen LogP contribution in [0.15, 0.2) is 24.5 Å². The van der Waals surface area contributed by atoms with Crippen molar-refractivity contribution < 1.29 is 9.59 Å². The summed E-state index contributed by atoms with van der Waals surface area (Å²) in [6, 6.07) is 3.45. The number of rotatable bonds is 5. The summed E-state index contributed by atoms with van der Waals surface area (Å²) in [5, 5.41) is 9.33. The van der Waals surface area contributed by atoms with Crippen LogP contribution in [0.2, 0.25) is 0 Å². The molecule has 1 aliphatic heterocycles. The summed E-state index contributed by atoms with van der Waals surface area (Å²) in [7, 11) is 0. The van der Waals surface area contributed by atoms with Gasteiger partial charge in [0.15, 0.2) is 0 Å². The maximum atomic E-state index is 12.3. The van der Waals surface area contributed by atoms with E-state index in [1.807, 2.05) is 11.8 Å². The van der Waals surface area contributed by atoms with Crippen molar-refractivity contribution in [2.75, 3.05) is 37.6 Å². The van der Waals surface area contributed by atoms with Crippen LogP contribution in [0, 0.1) is 6.92 Å². The minimum atomic E-state index is -0.275. The summed E-state index contributed by atoms with van der Waals surface area (Å²) in [5.41, 5.74) is 1.16. The average molecular weight is 343 g/mol. The van der Waals surface area contributed by atoms with Gasteiger partial charge in [0.05, 0.1) is 0 Å². The Bertz CT molecular complexity index is 723. The molecule has 0 radical (unpaired) electrons. The largest absolute Gasteiger partial charge is 0.350 e. The molecule has 132 valence electrons. The molecule has 0 unspecified atom stereocenters. The van der Waals surface area contributed by atoms with E-state index < -0.39 is 0 Å². The third-order valence-electron chi connectivity index (χ3n) is 4.03. The first-order valence-corrected chi connectivity index (χ1v) is 8.23. The van der Waals surface area contributed by atoms with Crippen LogP contribution in [0.1, 0.15) is 22.6 Å². The lowest BCUT2D eigenvalue weighted by Gasteiger charge is -2.34. The van der Waals surface area contributed by atoms with Gasteiger partial charge in [-0.3, -0.25) is 14.7 Å². The van der Waals surface area contributed by atoms with Gasteiger partial charge in [0, 0.05) is 57.2 Å². The molecule has 9 heteroatoms. The molecule has 0 atom stereocenters. The molecule has 0 aliphatic carbocycles. The molecule has 9 nitrogen and oxygen atoms in total. The fourth-order valence-corrected chi connectivity index (χ4v) is 2.68. The maximum Gasteiger partial charge on any atom is 0.271 e. The number of carbonyl (C=O) groups excluding carboxylic acids is 2. The van der Waals surface area contributed by atoms with E-state index in [4.69, 9.17) is 0 Å². The highest BCUT2D eigenvalue weighted by molar-refractivity contribution is 5.92. The van der Waals surface area contributed by atoms with Crippen LogP contribution in [0.5, 0.6) is 0 Å². The lowest BCUT2D eigenvalue weighted by atomic mass is 10.2. The Kier molecular flexibility index (Phi) is 5.22. The zero-order chi connectivity index (χ0) is 17.6. The molecule has 0 spiro atoms. The summed E-state index contributed by atoms with van der Waals surface area (Å²) in [6.45, 7) is 4.79. The predicted molar refractivity (Wildman–Crippen MR) is 91.1 cm³/mol. The Hall–Kier alpha value is -2.97. The van der Waals surface area contributed by atoms with Crippen LogP contribution in [0.4, 0.5) is 5.95 Å². The van der Waals surface area contributed by atoms with E-state index in [1.165, 1.54) is 0 Å². The Balaban J connectivity index is 1.40. The molecule has 3 rings (SSSR count). The van der Waals surface area contributed by atoms with Gasteiger partial charge in [-0.25, -0.2) is 9.97 Å². The lowest BCUT2D eigenvalue weighted by Crippen LogP contribution is -2.49. The molecular weight excluding hydrogens is 322 g/mol. The fraction of sp³-hybridized carbons (Fsp3) is 0.438. The first-order chi connectivity index (χ1) is 12.1. The Morgan fingerprint density at radius 3 is 2.56 bits per heavy atom. The number of aryl methyl sites for hydroxylation is 1. The third kappa shape index (κ3) is 4.31. The number of hydrogen-bond acceptors (Lipinski definition) is 6. The number of carbonyl (C=O) groups is 2. The van der Waals surface area contributed by atoms with Gasteiger partial charge in [0.25, 0.3) is 5.91 Å². The van der Waals surface area contributed by atoms with Gasteiger partial charge in [-0.05, 0) is 19.1 Å². The first kappa shape index (κ1) is 16.9. The normalized spacial score (nSPS) is 14.4. The number of nitrogens with zero attached hydrogens (tertiary/aromatic N) is 5. The van der Waals surface area contributed by atoms with Gasteiger partial charge in [-0.15, -0.1) is 0 Å². The molecule has 2 amide bonds. The van der Waals surface area contributed by atoms with Crippen molar-refractivity contribution in [3.8, 4) is 0 Å². The Labute approximate surface area is 145 Å². The second-order valence-corrected chi connectivity index (χ2v) is 5.86. The monoisotopic (exact) mass is 343 g/mol. The predicted octanol–water partition coefficient (Wildman–Crippen LogP) is -0.0232. The summed E-state index contributed by atoms with van der Waals surface area (Å²) in [5.74, 6) is 0.450. The van der Waals surface area contributed by atoms with Gasteiger partial charge >= 0.3 is 0 Å². The summed E-state index contributed by atoms with van der Waals surface area (Å²) in [6.07, 6.45) is 3.70. The quantitative estimate of drug-likeness (QED) is 0.790. The molecule has 1 aliphatic rings. The molecule has 1 fully saturated rings. The molecule has 25 heavy (non-hydrogen) atoms. The number of piperazine rings is 1. The van der Waals surface area contributed by atoms with Crippen LogP contribution < -0.4 is 10.2 Å². The van der Waals surface area contributed by atoms with Gasteiger partial charge < -0.3 is 15.1 Å². The Morgan fingerprint density at radius 1 is 1.20 bits per heavy atom. The molecule has 1 saturated heterocycles. The van der Waals surface area contributed by atoms with Gasteiger partial charge in [0.2, 0.25) is 11.9 Å². The summed E-state index contributed by atoms with van der Waals surface area (Å²) in [4.78, 5) is 36.5. The zero-order valence-electron chi connectivity index (χ0n) is 14.1. The lowest BCUT2D eigenvalue weighted by molar-refractivity contribution is -0.131. The van der Waals surface area contributed by atoms with E-state index in [0.29, 0.717) is 44.4 Å². The second-order valence-electron chi connectivity index (χ2n) is 5.86. The van der Waals surface area contributed by atoms with E-state index in [0.717, 1.165) is 5.69 Å². The molecule has 0 aromatic carbocycles. The van der Waals surface area contributed by atoms with Crippen LogP contribution in [-0.4, -0.2) is 69.6 Å². The summed E-state index contributed by atoms with van der Waals surface area (Å²) >= 11 is 0. The molecular formula is C16H21N7O2. The van der Waals surface area contributed by atoms with Crippen molar-refractivity contribution in [1.82, 2.24) is 30.4 Å². The van der Waals surface area contributed by atoms with Crippen molar-refractivity contribution in [1.29, 1.82) is 0 Å². The molecule has 0 bridgehead atoms. The number of aromatic nitrogens is 4. The number of anilines is 1. The highest BCUT2D eigenvalue weighted by atomic mass is 16.2. The van der Waals surface area contributed by atoms with Crippen molar-refractivity contribution in [2.24, 2.45) is 0 Å². The number of amides is 2. The molecule has 0 saturated carbocycles. The number of hydrogen-bond donors (Lipinski definition) is 2. The van der Waals surface area contributed by atoms with Crippen molar-refractivity contribution in [3.05, 3.63) is 35.9 Å². The van der Waals surface area contributed by atoms with Gasteiger partial charge in [-0.1, -0.05) is 0 Å². The zero-order valence-corrected chi connectivity index (χ0v) is 14.1. The fourth-order valence-electron chi connectivity index (χ4n) is 2.68. The highest BCUT2D eigenvalue weighted by Gasteiger charge is 2.22. The number of nitrogens with one attached hydrogen (secondary N) is 2. The molecule has 3 heterocycles. The van der Waals surface area contributed by atoms with Crippen molar-refractivity contribution in [3.63, 3.8) is 0 Å². The smallest absolute Gasteiger partial charge is 0.271 e. The SMILES string of the molecule is Cc1cc(C(=O)NCCC(=O)N2CCN(c3ncccn3)CC2)n[nH]1. The average Bonchev–Trinajstić information content (AvgIpc) is 3.09. The minimum absolute atomic E-state index is 0.0344. The first-order valence-electron chi connectivity index (χ1n) is 8.23. The molecule has 2 aromatic heterocycles. The van der Waals surface area contributed by atoms with E-state index >= 15 is 0 Å². The number of aromatic amines is 1. The van der Waals surface area contributed by atoms with Crippen LogP contribution in [0.25, 0.3) is 0 Å².